The average molecular weight is 494 g/mol. The van der Waals surface area contributed by atoms with Crippen LogP contribution in [-0.2, 0) is 17.7 Å². The van der Waals surface area contributed by atoms with Gasteiger partial charge in [-0.25, -0.2) is 19.7 Å². The van der Waals surface area contributed by atoms with Crippen LogP contribution in [0.1, 0.15) is 30.8 Å². The summed E-state index contributed by atoms with van der Waals surface area (Å²) in [5.41, 5.74) is 4.96. The molecule has 0 bridgehead atoms. The van der Waals surface area contributed by atoms with Crippen LogP contribution in [0.5, 0.6) is 0 Å². The molecule has 0 saturated carbocycles. The molecule has 2 N–H and O–H groups in total. The van der Waals surface area contributed by atoms with E-state index in [1.165, 1.54) is 5.56 Å². The van der Waals surface area contributed by atoms with Gasteiger partial charge in [0.25, 0.3) is 0 Å². The number of benzene rings is 1. The van der Waals surface area contributed by atoms with Crippen molar-refractivity contribution in [3.8, 4) is 11.4 Å². The standard InChI is InChI=1S/C25H31N7O2S/c1-4-26-24(33)28-19-7-5-18(6-8-19)22-29-21-13-31(25-27-16(2)15-35-25)10-9-20(21)23(30-22)32-11-12-34-14-17(32)3/h5-8,15,17H,4,9-14H2,1-3H3,(H2,26,28,33)/t17-/m0/s1. The number of ether oxygens (including phenoxy) is 1. The van der Waals surface area contributed by atoms with Crippen LogP contribution in [-0.4, -0.2) is 59.9 Å². The Kier molecular flexibility index (Phi) is 6.83. The molecule has 0 spiro atoms. The normalized spacial score (nSPS) is 17.7. The van der Waals surface area contributed by atoms with Gasteiger partial charge in [0, 0.05) is 41.8 Å². The lowest BCUT2D eigenvalue weighted by Gasteiger charge is -2.37. The molecule has 0 unspecified atom stereocenters. The fourth-order valence-corrected chi connectivity index (χ4v) is 5.34. The second kappa shape index (κ2) is 10.2. The van der Waals surface area contributed by atoms with Gasteiger partial charge >= 0.3 is 6.03 Å². The molecule has 4 heterocycles. The number of nitrogens with zero attached hydrogens (tertiary/aromatic N) is 5. The predicted molar refractivity (Wildman–Crippen MR) is 139 cm³/mol. The molecule has 35 heavy (non-hydrogen) atoms. The molecule has 0 radical (unpaired) electrons. The highest BCUT2D eigenvalue weighted by molar-refractivity contribution is 7.13. The Morgan fingerprint density at radius 2 is 2.03 bits per heavy atom. The highest BCUT2D eigenvalue weighted by Crippen LogP contribution is 2.34. The number of carbonyl (C=O) groups excluding carboxylic acids is 1. The van der Waals surface area contributed by atoms with Crippen LogP contribution in [0.4, 0.5) is 21.4 Å². The number of fused-ring (bicyclic) bond motifs is 1. The maximum atomic E-state index is 11.9. The molecule has 184 valence electrons. The van der Waals surface area contributed by atoms with Gasteiger partial charge in [-0.3, -0.25) is 0 Å². The van der Waals surface area contributed by atoms with Crippen molar-refractivity contribution in [2.24, 2.45) is 0 Å². The van der Waals surface area contributed by atoms with Gasteiger partial charge in [-0.05, 0) is 51.5 Å². The number of thiazole rings is 1. The number of anilines is 3. The third kappa shape index (κ3) is 5.08. The number of urea groups is 1. The molecule has 1 atom stereocenters. The second-order valence-electron chi connectivity index (χ2n) is 8.92. The Morgan fingerprint density at radius 1 is 1.20 bits per heavy atom. The molecule has 9 nitrogen and oxygen atoms in total. The van der Waals surface area contributed by atoms with Crippen LogP contribution < -0.4 is 20.4 Å². The number of hydrogen-bond donors (Lipinski definition) is 2. The van der Waals surface area contributed by atoms with E-state index in [9.17, 15) is 4.79 Å². The van der Waals surface area contributed by atoms with Gasteiger partial charge in [0.05, 0.1) is 37.2 Å². The van der Waals surface area contributed by atoms with E-state index in [0.717, 1.165) is 53.1 Å². The topological polar surface area (TPSA) is 95.5 Å². The Labute approximate surface area is 209 Å². The smallest absolute Gasteiger partial charge is 0.319 e. The molecule has 2 amide bonds. The maximum Gasteiger partial charge on any atom is 0.319 e. The molecule has 1 aromatic carbocycles. The lowest BCUT2D eigenvalue weighted by atomic mass is 10.0. The Balaban J connectivity index is 1.49. The number of nitrogens with one attached hydrogen (secondary N) is 2. The van der Waals surface area contributed by atoms with E-state index in [4.69, 9.17) is 19.7 Å². The van der Waals surface area contributed by atoms with Gasteiger partial charge in [0.15, 0.2) is 11.0 Å². The molecule has 2 aliphatic heterocycles. The minimum Gasteiger partial charge on any atom is -0.377 e. The van der Waals surface area contributed by atoms with Gasteiger partial charge < -0.3 is 25.2 Å². The highest BCUT2D eigenvalue weighted by atomic mass is 32.1. The maximum absolute atomic E-state index is 11.9. The summed E-state index contributed by atoms with van der Waals surface area (Å²) in [6.07, 6.45) is 0.878. The molecule has 2 aliphatic rings. The van der Waals surface area contributed by atoms with E-state index in [1.807, 2.05) is 38.1 Å². The van der Waals surface area contributed by atoms with Crippen LogP contribution in [0.25, 0.3) is 11.4 Å². The Morgan fingerprint density at radius 3 is 2.74 bits per heavy atom. The van der Waals surface area contributed by atoms with Gasteiger partial charge in [-0.1, -0.05) is 0 Å². The largest absolute Gasteiger partial charge is 0.377 e. The van der Waals surface area contributed by atoms with Crippen molar-refractivity contribution in [3.05, 3.63) is 46.6 Å². The lowest BCUT2D eigenvalue weighted by molar-refractivity contribution is 0.0984. The number of amides is 2. The molecule has 0 aliphatic carbocycles. The number of aryl methyl sites for hydroxylation is 1. The molecule has 5 rings (SSSR count). The number of rotatable bonds is 5. The minimum atomic E-state index is -0.216. The van der Waals surface area contributed by atoms with E-state index in [1.54, 1.807) is 11.3 Å². The van der Waals surface area contributed by atoms with Gasteiger partial charge in [0.2, 0.25) is 0 Å². The monoisotopic (exact) mass is 493 g/mol. The summed E-state index contributed by atoms with van der Waals surface area (Å²) in [5, 5.41) is 8.71. The van der Waals surface area contributed by atoms with Gasteiger partial charge in [-0.2, -0.15) is 0 Å². The molecule has 3 aromatic rings. The zero-order valence-electron chi connectivity index (χ0n) is 20.4. The summed E-state index contributed by atoms with van der Waals surface area (Å²) in [7, 11) is 0. The van der Waals surface area contributed by atoms with Crippen molar-refractivity contribution in [1.29, 1.82) is 0 Å². The van der Waals surface area contributed by atoms with Crippen molar-refractivity contribution in [2.75, 3.05) is 48.0 Å². The van der Waals surface area contributed by atoms with E-state index in [-0.39, 0.29) is 12.1 Å². The van der Waals surface area contributed by atoms with E-state index in [0.29, 0.717) is 32.1 Å². The molecular weight excluding hydrogens is 462 g/mol. The first-order valence-corrected chi connectivity index (χ1v) is 13.0. The molecule has 1 fully saturated rings. The first-order chi connectivity index (χ1) is 17.0. The Hall–Kier alpha value is -3.24. The summed E-state index contributed by atoms with van der Waals surface area (Å²) in [6.45, 7) is 10.5. The zero-order valence-corrected chi connectivity index (χ0v) is 21.2. The van der Waals surface area contributed by atoms with Crippen molar-refractivity contribution < 1.29 is 9.53 Å². The summed E-state index contributed by atoms with van der Waals surface area (Å²) >= 11 is 1.68. The van der Waals surface area contributed by atoms with Crippen molar-refractivity contribution in [3.63, 3.8) is 0 Å². The molecule has 10 heteroatoms. The summed E-state index contributed by atoms with van der Waals surface area (Å²) in [4.78, 5) is 31.3. The SMILES string of the molecule is CCNC(=O)Nc1ccc(-c2nc3c(c(N4CCOC[C@@H]4C)n2)CCN(c2nc(C)cs2)C3)cc1. The fourth-order valence-electron chi connectivity index (χ4n) is 4.51. The fraction of sp³-hybridized carbons (Fsp3) is 0.440. The number of morpholine rings is 1. The molecule has 2 aromatic heterocycles. The summed E-state index contributed by atoms with van der Waals surface area (Å²) in [6, 6.07) is 7.72. The predicted octanol–water partition coefficient (Wildman–Crippen LogP) is 3.84. The third-order valence-corrected chi connectivity index (χ3v) is 7.32. The van der Waals surface area contributed by atoms with Crippen LogP contribution in [0.3, 0.4) is 0 Å². The average Bonchev–Trinajstić information content (AvgIpc) is 3.30. The van der Waals surface area contributed by atoms with Gasteiger partial charge in [-0.15, -0.1) is 11.3 Å². The molecular formula is C25H31N7O2S. The van der Waals surface area contributed by atoms with Gasteiger partial charge in [0.1, 0.15) is 5.82 Å². The quantitative estimate of drug-likeness (QED) is 0.558. The van der Waals surface area contributed by atoms with Crippen molar-refractivity contribution in [1.82, 2.24) is 20.3 Å². The van der Waals surface area contributed by atoms with Crippen LogP contribution in [0, 0.1) is 6.92 Å². The first-order valence-electron chi connectivity index (χ1n) is 12.1. The summed E-state index contributed by atoms with van der Waals surface area (Å²) < 4.78 is 5.69. The number of hydrogen-bond acceptors (Lipinski definition) is 8. The highest BCUT2D eigenvalue weighted by Gasteiger charge is 2.29. The zero-order chi connectivity index (χ0) is 24.4. The number of aromatic nitrogens is 3. The van der Waals surface area contributed by atoms with E-state index >= 15 is 0 Å². The Bertz CT molecular complexity index is 1200. The lowest BCUT2D eigenvalue weighted by Crippen LogP contribution is -2.45. The molecule has 1 saturated heterocycles. The van der Waals surface area contributed by atoms with Crippen molar-refractivity contribution >= 4 is 34.0 Å². The summed E-state index contributed by atoms with van der Waals surface area (Å²) in [5.74, 6) is 1.71. The number of carbonyl (C=O) groups is 1. The first kappa shape index (κ1) is 23.5. The van der Waals surface area contributed by atoms with Crippen LogP contribution in [0.15, 0.2) is 29.6 Å². The van der Waals surface area contributed by atoms with E-state index in [2.05, 4.69) is 32.7 Å². The van der Waals surface area contributed by atoms with Crippen LogP contribution in [0.2, 0.25) is 0 Å². The van der Waals surface area contributed by atoms with Crippen molar-refractivity contribution in [2.45, 2.75) is 39.8 Å². The minimum absolute atomic E-state index is 0.216. The van der Waals surface area contributed by atoms with E-state index < -0.39 is 0 Å². The van der Waals surface area contributed by atoms with Crippen LogP contribution >= 0.6 is 11.3 Å². The second-order valence-corrected chi connectivity index (χ2v) is 9.75. The third-order valence-electron chi connectivity index (χ3n) is 6.30.